The van der Waals surface area contributed by atoms with Crippen LogP contribution in [-0.4, -0.2) is 38.6 Å². The Kier molecular flexibility index (Phi) is 4.94. The standard InChI is InChI=1S/C19H20ClN7/c20-15-2-1-13(10-21)17(9-15)25-19-18-14(3-8-27(18)24-12-23-19)11-26-6-4-16(22)5-7-26/h1-3,8-9,12,16H,4-7,11,22H2,(H,23,24,25). The zero-order valence-electron chi connectivity index (χ0n) is 14.8. The van der Waals surface area contributed by atoms with E-state index in [1.807, 2.05) is 6.20 Å². The smallest absolute Gasteiger partial charge is 0.158 e. The first-order chi connectivity index (χ1) is 13.1. The third-order valence-corrected chi connectivity index (χ3v) is 5.15. The molecule has 0 bridgehead atoms. The van der Waals surface area contributed by atoms with E-state index in [1.54, 1.807) is 22.7 Å². The van der Waals surface area contributed by atoms with Gasteiger partial charge in [-0.25, -0.2) is 9.50 Å². The van der Waals surface area contributed by atoms with Gasteiger partial charge in [0.15, 0.2) is 5.82 Å². The summed E-state index contributed by atoms with van der Waals surface area (Å²) in [6.07, 6.45) is 5.45. The monoisotopic (exact) mass is 381 g/mol. The summed E-state index contributed by atoms with van der Waals surface area (Å²) < 4.78 is 1.80. The van der Waals surface area contributed by atoms with Gasteiger partial charge in [-0.3, -0.25) is 4.90 Å². The van der Waals surface area contributed by atoms with Gasteiger partial charge in [-0.15, -0.1) is 0 Å². The van der Waals surface area contributed by atoms with Crippen LogP contribution >= 0.6 is 11.6 Å². The molecule has 0 saturated carbocycles. The molecule has 0 amide bonds. The first-order valence-corrected chi connectivity index (χ1v) is 9.27. The van der Waals surface area contributed by atoms with Gasteiger partial charge in [0.1, 0.15) is 17.9 Å². The fourth-order valence-electron chi connectivity index (χ4n) is 3.43. The van der Waals surface area contributed by atoms with E-state index >= 15 is 0 Å². The predicted molar refractivity (Wildman–Crippen MR) is 105 cm³/mol. The highest BCUT2D eigenvalue weighted by Gasteiger charge is 2.19. The summed E-state index contributed by atoms with van der Waals surface area (Å²) in [5.41, 5.74) is 9.18. The molecule has 3 aromatic rings. The van der Waals surface area contributed by atoms with Gasteiger partial charge >= 0.3 is 0 Å². The highest BCUT2D eigenvalue weighted by Crippen LogP contribution is 2.28. The number of nitriles is 1. The first-order valence-electron chi connectivity index (χ1n) is 8.90. The van der Waals surface area contributed by atoms with Crippen molar-refractivity contribution in [1.29, 1.82) is 5.26 Å². The van der Waals surface area contributed by atoms with Gasteiger partial charge < -0.3 is 11.1 Å². The average molecular weight is 382 g/mol. The lowest BCUT2D eigenvalue weighted by Gasteiger charge is -2.29. The second kappa shape index (κ2) is 7.53. The number of nitrogens with zero attached hydrogens (tertiary/aromatic N) is 5. The van der Waals surface area contributed by atoms with Crippen LogP contribution in [0.5, 0.6) is 0 Å². The maximum atomic E-state index is 9.37. The summed E-state index contributed by atoms with van der Waals surface area (Å²) in [6.45, 7) is 2.79. The van der Waals surface area contributed by atoms with Crippen molar-refractivity contribution in [3.05, 3.63) is 52.9 Å². The SMILES string of the molecule is N#Cc1ccc(Cl)cc1Nc1ncnn2ccc(CN3CCC(N)CC3)c12. The van der Waals surface area contributed by atoms with E-state index in [4.69, 9.17) is 17.3 Å². The number of nitrogens with two attached hydrogens (primary N) is 1. The number of nitrogens with one attached hydrogen (secondary N) is 1. The molecule has 0 radical (unpaired) electrons. The molecule has 3 N–H and O–H groups in total. The zero-order valence-corrected chi connectivity index (χ0v) is 15.5. The van der Waals surface area contributed by atoms with Gasteiger partial charge in [-0.1, -0.05) is 11.6 Å². The number of piperidine rings is 1. The molecule has 0 unspecified atom stereocenters. The van der Waals surface area contributed by atoms with E-state index in [1.165, 1.54) is 6.33 Å². The van der Waals surface area contributed by atoms with Gasteiger partial charge in [0, 0.05) is 23.8 Å². The van der Waals surface area contributed by atoms with Gasteiger partial charge in [-0.2, -0.15) is 10.4 Å². The molecule has 8 heteroatoms. The van der Waals surface area contributed by atoms with Crippen LogP contribution in [0.1, 0.15) is 24.0 Å². The Balaban J connectivity index is 1.67. The van der Waals surface area contributed by atoms with Crippen molar-refractivity contribution < 1.29 is 0 Å². The van der Waals surface area contributed by atoms with Crippen LogP contribution in [0.4, 0.5) is 11.5 Å². The highest BCUT2D eigenvalue weighted by molar-refractivity contribution is 6.30. The summed E-state index contributed by atoms with van der Waals surface area (Å²) in [5.74, 6) is 0.650. The number of anilines is 2. The average Bonchev–Trinajstić information content (AvgIpc) is 3.08. The lowest BCUT2D eigenvalue weighted by Crippen LogP contribution is -2.39. The summed E-state index contributed by atoms with van der Waals surface area (Å²) in [5, 5.41) is 17.5. The number of rotatable bonds is 4. The van der Waals surface area contributed by atoms with Gasteiger partial charge in [0.25, 0.3) is 0 Å². The minimum absolute atomic E-state index is 0.305. The van der Waals surface area contributed by atoms with Crippen molar-refractivity contribution in [2.75, 3.05) is 18.4 Å². The second-order valence-corrected chi connectivity index (χ2v) is 7.22. The van der Waals surface area contributed by atoms with Crippen LogP contribution in [0.3, 0.4) is 0 Å². The number of likely N-dealkylation sites (tertiary alicyclic amines) is 1. The molecular formula is C19H20ClN7. The van der Waals surface area contributed by atoms with Crippen molar-refractivity contribution in [2.24, 2.45) is 5.73 Å². The molecule has 1 aliphatic heterocycles. The van der Waals surface area contributed by atoms with Crippen molar-refractivity contribution in [3.63, 3.8) is 0 Å². The van der Waals surface area contributed by atoms with Crippen LogP contribution in [0.15, 0.2) is 36.8 Å². The molecule has 7 nitrogen and oxygen atoms in total. The van der Waals surface area contributed by atoms with Crippen molar-refractivity contribution in [2.45, 2.75) is 25.4 Å². The maximum absolute atomic E-state index is 9.37. The number of fused-ring (bicyclic) bond motifs is 1. The molecule has 1 fully saturated rings. The summed E-state index contributed by atoms with van der Waals surface area (Å²) in [6, 6.07) is 9.67. The summed E-state index contributed by atoms with van der Waals surface area (Å²) in [7, 11) is 0. The third-order valence-electron chi connectivity index (χ3n) is 4.92. The maximum Gasteiger partial charge on any atom is 0.158 e. The van der Waals surface area contributed by atoms with Gasteiger partial charge in [0.2, 0.25) is 0 Å². The van der Waals surface area contributed by atoms with E-state index < -0.39 is 0 Å². The Labute approximate surface area is 162 Å². The molecular weight excluding hydrogens is 362 g/mol. The normalized spacial score (nSPS) is 15.7. The molecule has 4 rings (SSSR count). The van der Waals surface area contributed by atoms with Gasteiger partial charge in [0.05, 0.1) is 11.3 Å². The minimum Gasteiger partial charge on any atom is -0.337 e. The van der Waals surface area contributed by atoms with E-state index in [0.29, 0.717) is 28.1 Å². The predicted octanol–water partition coefficient (Wildman–Crippen LogP) is 2.92. The molecule has 27 heavy (non-hydrogen) atoms. The second-order valence-electron chi connectivity index (χ2n) is 6.78. The largest absolute Gasteiger partial charge is 0.337 e. The quantitative estimate of drug-likeness (QED) is 0.721. The van der Waals surface area contributed by atoms with E-state index in [-0.39, 0.29) is 0 Å². The van der Waals surface area contributed by atoms with Crippen LogP contribution < -0.4 is 11.1 Å². The van der Waals surface area contributed by atoms with Crippen LogP contribution in [0, 0.1) is 11.3 Å². The van der Waals surface area contributed by atoms with Crippen LogP contribution in [0.2, 0.25) is 5.02 Å². The van der Waals surface area contributed by atoms with Gasteiger partial charge in [-0.05, 0) is 55.8 Å². The van der Waals surface area contributed by atoms with Crippen LogP contribution in [-0.2, 0) is 6.54 Å². The van der Waals surface area contributed by atoms with Crippen molar-refractivity contribution >= 4 is 28.6 Å². The molecule has 1 aliphatic rings. The Morgan fingerprint density at radius 2 is 2.11 bits per heavy atom. The Morgan fingerprint density at radius 3 is 2.89 bits per heavy atom. The van der Waals surface area contributed by atoms with Crippen molar-refractivity contribution in [3.8, 4) is 6.07 Å². The minimum atomic E-state index is 0.305. The molecule has 0 aliphatic carbocycles. The Hall–Kier alpha value is -2.66. The van der Waals surface area contributed by atoms with E-state index in [9.17, 15) is 5.26 Å². The number of aromatic nitrogens is 3. The third kappa shape index (κ3) is 3.74. The number of halogens is 1. The van der Waals surface area contributed by atoms with Crippen molar-refractivity contribution in [1.82, 2.24) is 19.5 Å². The lowest BCUT2D eigenvalue weighted by molar-refractivity contribution is 0.206. The van der Waals surface area contributed by atoms with E-state index in [0.717, 1.165) is 43.6 Å². The summed E-state index contributed by atoms with van der Waals surface area (Å²) in [4.78, 5) is 6.81. The molecule has 0 atom stereocenters. The molecule has 2 aromatic heterocycles. The van der Waals surface area contributed by atoms with Crippen LogP contribution in [0.25, 0.3) is 5.52 Å². The zero-order chi connectivity index (χ0) is 18.8. The highest BCUT2D eigenvalue weighted by atomic mass is 35.5. The fourth-order valence-corrected chi connectivity index (χ4v) is 3.61. The molecule has 138 valence electrons. The fraction of sp³-hybridized carbons (Fsp3) is 0.316. The first kappa shape index (κ1) is 17.7. The van der Waals surface area contributed by atoms with E-state index in [2.05, 4.69) is 32.4 Å². The molecule has 3 heterocycles. The molecule has 1 aromatic carbocycles. The molecule has 1 saturated heterocycles. The topological polar surface area (TPSA) is 95.3 Å². The number of benzene rings is 1. The molecule has 0 spiro atoms. The number of hydrogen-bond donors (Lipinski definition) is 2. The summed E-state index contributed by atoms with van der Waals surface area (Å²) >= 11 is 6.10. The number of hydrogen-bond acceptors (Lipinski definition) is 6. The Morgan fingerprint density at radius 1 is 1.30 bits per heavy atom. The lowest BCUT2D eigenvalue weighted by atomic mass is 10.1. The Bertz CT molecular complexity index is 999.